The number of halogens is 1. The lowest BCUT2D eigenvalue weighted by Gasteiger charge is -2.29. The highest BCUT2D eigenvalue weighted by atomic mass is 32.2. The van der Waals surface area contributed by atoms with Crippen LogP contribution in [0.25, 0.3) is 11.1 Å². The van der Waals surface area contributed by atoms with Crippen molar-refractivity contribution in [2.75, 3.05) is 19.3 Å². The number of fused-ring (bicyclic) bond motifs is 1. The Balaban J connectivity index is 1.60. The van der Waals surface area contributed by atoms with E-state index < -0.39 is 26.6 Å². The molecule has 3 aromatic rings. The van der Waals surface area contributed by atoms with E-state index in [4.69, 9.17) is 14.3 Å². The largest absolute Gasteiger partial charge is 0.465 e. The number of benzene rings is 1. The molecule has 0 bridgehead atoms. The van der Waals surface area contributed by atoms with Gasteiger partial charge in [0.25, 0.3) is 5.88 Å². The summed E-state index contributed by atoms with van der Waals surface area (Å²) in [4.78, 5) is 20.4. The Kier molecular flexibility index (Phi) is 5.06. The Morgan fingerprint density at radius 3 is 2.67 bits per heavy atom. The molecule has 9 nitrogen and oxygen atoms in total. The van der Waals surface area contributed by atoms with Gasteiger partial charge in [0.1, 0.15) is 28.3 Å². The van der Waals surface area contributed by atoms with Gasteiger partial charge in [0.15, 0.2) is 9.84 Å². The third kappa shape index (κ3) is 3.80. The molecule has 0 unspecified atom stereocenters. The molecule has 0 aliphatic carbocycles. The van der Waals surface area contributed by atoms with E-state index in [1.54, 1.807) is 6.26 Å². The highest BCUT2D eigenvalue weighted by Crippen LogP contribution is 2.37. The Hall–Kier alpha value is -3.21. The average molecular weight is 435 g/mol. The lowest BCUT2D eigenvalue weighted by atomic mass is 9.90. The third-order valence-corrected chi connectivity index (χ3v) is 6.20. The number of carboxylic acid groups (broad SMARTS) is 1. The summed E-state index contributed by atoms with van der Waals surface area (Å²) in [5.41, 5.74) is 1.66. The predicted molar refractivity (Wildman–Crippen MR) is 103 cm³/mol. The molecule has 0 radical (unpaired) electrons. The number of amides is 1. The number of nitrogens with zero attached hydrogens (tertiary/aromatic N) is 3. The van der Waals surface area contributed by atoms with Gasteiger partial charge in [-0.1, -0.05) is 0 Å². The molecule has 0 spiro atoms. The molecule has 158 valence electrons. The quantitative estimate of drug-likeness (QED) is 0.661. The normalized spacial score (nSPS) is 15.5. The van der Waals surface area contributed by atoms with E-state index >= 15 is 0 Å². The first-order chi connectivity index (χ1) is 14.2. The lowest BCUT2D eigenvalue weighted by molar-refractivity contribution is 0.132. The van der Waals surface area contributed by atoms with E-state index in [9.17, 15) is 17.6 Å². The number of ether oxygens (including phenoxy) is 1. The molecular formula is C19H18FN3O6S. The van der Waals surface area contributed by atoms with E-state index in [0.717, 1.165) is 24.0 Å². The maximum atomic E-state index is 14.1. The van der Waals surface area contributed by atoms with Crippen molar-refractivity contribution in [2.24, 2.45) is 0 Å². The molecule has 1 fully saturated rings. The first kappa shape index (κ1) is 20.1. The van der Waals surface area contributed by atoms with Gasteiger partial charge in [0.2, 0.25) is 5.58 Å². The van der Waals surface area contributed by atoms with Crippen LogP contribution in [-0.4, -0.2) is 53.8 Å². The fourth-order valence-electron chi connectivity index (χ4n) is 3.55. The molecule has 11 heteroatoms. The maximum Gasteiger partial charge on any atom is 0.407 e. The first-order valence-electron chi connectivity index (χ1n) is 9.11. The van der Waals surface area contributed by atoms with E-state index in [-0.39, 0.29) is 23.1 Å². The van der Waals surface area contributed by atoms with Crippen molar-refractivity contribution >= 4 is 27.0 Å². The minimum Gasteiger partial charge on any atom is -0.465 e. The van der Waals surface area contributed by atoms with Crippen molar-refractivity contribution in [1.29, 1.82) is 0 Å². The topological polar surface area (TPSA) is 123 Å². The van der Waals surface area contributed by atoms with Crippen LogP contribution in [0.15, 0.2) is 40.1 Å². The van der Waals surface area contributed by atoms with Gasteiger partial charge in [0.05, 0.1) is 6.26 Å². The van der Waals surface area contributed by atoms with Gasteiger partial charge in [-0.2, -0.15) is 4.98 Å². The number of aromatic nitrogens is 2. The van der Waals surface area contributed by atoms with Gasteiger partial charge in [-0.25, -0.2) is 22.6 Å². The first-order valence-corrected chi connectivity index (χ1v) is 11.0. The molecule has 1 aromatic carbocycles. The summed E-state index contributed by atoms with van der Waals surface area (Å²) in [6.07, 6.45) is 4.12. The van der Waals surface area contributed by atoms with Crippen LogP contribution in [0.2, 0.25) is 0 Å². The number of rotatable bonds is 4. The fourth-order valence-corrected chi connectivity index (χ4v) is 4.28. The molecule has 2 aromatic heterocycles. The van der Waals surface area contributed by atoms with Gasteiger partial charge in [-0.05, 0) is 30.9 Å². The molecule has 0 atom stereocenters. The number of hydrogen-bond acceptors (Lipinski definition) is 7. The summed E-state index contributed by atoms with van der Waals surface area (Å²) in [5, 5.41) is 9.09. The van der Waals surface area contributed by atoms with Crippen LogP contribution in [-0.2, 0) is 9.84 Å². The minimum absolute atomic E-state index is 0.0626. The highest BCUT2D eigenvalue weighted by Gasteiger charge is 2.27. The monoisotopic (exact) mass is 435 g/mol. The third-order valence-electron chi connectivity index (χ3n) is 5.07. The van der Waals surface area contributed by atoms with Crippen molar-refractivity contribution in [1.82, 2.24) is 14.9 Å². The molecule has 0 saturated carbocycles. The zero-order valence-corrected chi connectivity index (χ0v) is 16.7. The second-order valence-corrected chi connectivity index (χ2v) is 9.04. The van der Waals surface area contributed by atoms with Crippen molar-refractivity contribution < 1.29 is 31.9 Å². The van der Waals surface area contributed by atoms with Gasteiger partial charge in [0, 0.05) is 31.0 Å². The van der Waals surface area contributed by atoms with Crippen LogP contribution in [0.3, 0.4) is 0 Å². The Labute approximate surface area is 171 Å². The van der Waals surface area contributed by atoms with Crippen molar-refractivity contribution in [2.45, 2.75) is 23.7 Å². The maximum absolute atomic E-state index is 14.1. The van der Waals surface area contributed by atoms with Gasteiger partial charge in [-0.15, -0.1) is 0 Å². The smallest absolute Gasteiger partial charge is 0.407 e. The number of piperidine rings is 1. The standard InChI is InChI=1S/C19H18FN3O6S/c1-30(26,27)15-3-2-12(8-14(15)20)29-18-17-16(21-10-22-18)13(9-28-17)11-4-6-23(7-5-11)19(24)25/h2-3,8-11H,4-7H2,1H3,(H,24,25). The molecular weight excluding hydrogens is 417 g/mol. The van der Waals surface area contributed by atoms with Crippen LogP contribution in [0.4, 0.5) is 9.18 Å². The molecule has 1 aliphatic rings. The number of hydrogen-bond donors (Lipinski definition) is 1. The van der Waals surface area contributed by atoms with E-state index in [1.807, 2.05) is 0 Å². The number of carbonyl (C=O) groups is 1. The summed E-state index contributed by atoms with van der Waals surface area (Å²) in [5.74, 6) is -0.713. The van der Waals surface area contributed by atoms with Gasteiger partial charge in [-0.3, -0.25) is 0 Å². The van der Waals surface area contributed by atoms with Crippen molar-refractivity contribution in [3.63, 3.8) is 0 Å². The van der Waals surface area contributed by atoms with E-state index in [1.165, 1.54) is 17.3 Å². The second-order valence-electron chi connectivity index (χ2n) is 7.06. The summed E-state index contributed by atoms with van der Waals surface area (Å²) in [6, 6.07) is 3.43. The summed E-state index contributed by atoms with van der Waals surface area (Å²) in [6.45, 7) is 0.847. The highest BCUT2D eigenvalue weighted by molar-refractivity contribution is 7.90. The summed E-state index contributed by atoms with van der Waals surface area (Å²) in [7, 11) is -3.69. The van der Waals surface area contributed by atoms with Crippen LogP contribution in [0.1, 0.15) is 24.3 Å². The Bertz CT molecular complexity index is 1220. The summed E-state index contributed by atoms with van der Waals surface area (Å²) >= 11 is 0. The van der Waals surface area contributed by atoms with Crippen molar-refractivity contribution in [3.05, 3.63) is 42.2 Å². The second kappa shape index (κ2) is 7.56. The SMILES string of the molecule is CS(=O)(=O)c1ccc(Oc2ncnc3c(C4CCN(C(=O)O)CC4)coc23)cc1F. The van der Waals surface area contributed by atoms with Crippen LogP contribution < -0.4 is 4.74 Å². The van der Waals surface area contributed by atoms with Gasteiger partial charge >= 0.3 is 6.09 Å². The fraction of sp³-hybridized carbons (Fsp3) is 0.316. The zero-order valence-electron chi connectivity index (χ0n) is 15.9. The van der Waals surface area contributed by atoms with Gasteiger partial charge < -0.3 is 19.2 Å². The van der Waals surface area contributed by atoms with E-state index in [0.29, 0.717) is 31.4 Å². The molecule has 30 heavy (non-hydrogen) atoms. The molecule has 1 N–H and O–H groups in total. The Morgan fingerprint density at radius 2 is 2.03 bits per heavy atom. The molecule has 1 aliphatic heterocycles. The molecule has 3 heterocycles. The molecule has 1 amide bonds. The average Bonchev–Trinajstić information content (AvgIpc) is 3.12. The summed E-state index contributed by atoms with van der Waals surface area (Å²) < 4.78 is 48.5. The van der Waals surface area contributed by atoms with Crippen LogP contribution >= 0.6 is 0 Å². The molecule has 4 rings (SSSR count). The zero-order chi connectivity index (χ0) is 21.5. The van der Waals surface area contributed by atoms with E-state index in [2.05, 4.69) is 9.97 Å². The molecule has 1 saturated heterocycles. The number of sulfone groups is 1. The Morgan fingerprint density at radius 1 is 1.30 bits per heavy atom. The van der Waals surface area contributed by atoms with Crippen LogP contribution in [0.5, 0.6) is 11.6 Å². The predicted octanol–water partition coefficient (Wildman–Crippen LogP) is 3.42. The van der Waals surface area contributed by atoms with Crippen LogP contribution in [0, 0.1) is 5.82 Å². The minimum atomic E-state index is -3.69. The number of likely N-dealkylation sites (tertiary alicyclic amines) is 1. The lowest BCUT2D eigenvalue weighted by Crippen LogP contribution is -2.36. The van der Waals surface area contributed by atoms with Crippen molar-refractivity contribution in [3.8, 4) is 11.6 Å². The number of furan rings is 1.